The smallest absolute Gasteiger partial charge is 0.231 e. The van der Waals surface area contributed by atoms with Crippen LogP contribution >= 0.6 is 15.9 Å². The van der Waals surface area contributed by atoms with Crippen molar-refractivity contribution < 1.29 is 33.2 Å². The van der Waals surface area contributed by atoms with E-state index in [4.69, 9.17) is 28.4 Å². The van der Waals surface area contributed by atoms with Crippen LogP contribution in [-0.4, -0.2) is 41.0 Å². The first-order chi connectivity index (χ1) is 13.5. The third-order valence-electron chi connectivity index (χ3n) is 4.16. The molecule has 1 aliphatic rings. The second kappa shape index (κ2) is 8.43. The van der Waals surface area contributed by atoms with E-state index in [0.29, 0.717) is 50.1 Å². The van der Waals surface area contributed by atoms with E-state index in [0.717, 1.165) is 0 Å². The standard InChI is InChI=1S/C20H19BrO7/c1-23-15-8-12(13(21)9-16(15)24-2)14(22)6-5-11-7-17-19(28-10-27-17)20(26-4)18(11)25-3/h5-9H,10H2,1-4H3/b6-5+. The molecule has 0 saturated carbocycles. The van der Waals surface area contributed by atoms with Crippen molar-refractivity contribution in [2.75, 3.05) is 35.2 Å². The molecular weight excluding hydrogens is 432 g/mol. The third kappa shape index (κ3) is 3.60. The molecule has 3 rings (SSSR count). The second-order valence-electron chi connectivity index (χ2n) is 5.65. The predicted molar refractivity (Wildman–Crippen MR) is 106 cm³/mol. The molecule has 8 heteroatoms. The fourth-order valence-electron chi connectivity index (χ4n) is 2.83. The molecule has 0 bridgehead atoms. The summed E-state index contributed by atoms with van der Waals surface area (Å²) in [5.41, 5.74) is 1.05. The topological polar surface area (TPSA) is 72.5 Å². The van der Waals surface area contributed by atoms with Crippen LogP contribution < -0.4 is 28.4 Å². The molecule has 1 heterocycles. The first-order valence-electron chi connectivity index (χ1n) is 8.22. The highest BCUT2D eigenvalue weighted by Crippen LogP contribution is 2.49. The Morgan fingerprint density at radius 3 is 2.29 bits per heavy atom. The molecule has 0 aromatic heterocycles. The molecule has 0 radical (unpaired) electrons. The zero-order valence-corrected chi connectivity index (χ0v) is 17.4. The average Bonchev–Trinajstić information content (AvgIpc) is 3.18. The lowest BCUT2D eigenvalue weighted by Crippen LogP contribution is -2.00. The summed E-state index contributed by atoms with van der Waals surface area (Å²) in [6, 6.07) is 5.04. The third-order valence-corrected chi connectivity index (χ3v) is 4.82. The molecule has 0 fully saturated rings. The number of carbonyl (C=O) groups is 1. The number of ether oxygens (including phenoxy) is 6. The van der Waals surface area contributed by atoms with E-state index < -0.39 is 0 Å². The number of benzene rings is 2. The number of ketones is 1. The van der Waals surface area contributed by atoms with Crippen molar-refractivity contribution in [1.82, 2.24) is 0 Å². The van der Waals surface area contributed by atoms with Gasteiger partial charge in [0, 0.05) is 15.6 Å². The fraction of sp³-hybridized carbons (Fsp3) is 0.250. The van der Waals surface area contributed by atoms with E-state index in [-0.39, 0.29) is 12.6 Å². The van der Waals surface area contributed by atoms with Gasteiger partial charge in [0.05, 0.1) is 28.4 Å². The van der Waals surface area contributed by atoms with Gasteiger partial charge in [0.2, 0.25) is 18.3 Å². The van der Waals surface area contributed by atoms with E-state index in [1.165, 1.54) is 34.5 Å². The van der Waals surface area contributed by atoms with Gasteiger partial charge in [0.1, 0.15) is 0 Å². The van der Waals surface area contributed by atoms with Gasteiger partial charge in [0.25, 0.3) is 0 Å². The summed E-state index contributed by atoms with van der Waals surface area (Å²) in [6.45, 7) is 0.0968. The van der Waals surface area contributed by atoms with Crippen LogP contribution in [-0.2, 0) is 0 Å². The molecule has 1 aliphatic heterocycles. The van der Waals surface area contributed by atoms with Crippen LogP contribution in [0.4, 0.5) is 0 Å². The zero-order chi connectivity index (χ0) is 20.3. The van der Waals surface area contributed by atoms with Gasteiger partial charge in [-0.3, -0.25) is 4.79 Å². The van der Waals surface area contributed by atoms with E-state index >= 15 is 0 Å². The lowest BCUT2D eigenvalue weighted by Gasteiger charge is -2.13. The highest BCUT2D eigenvalue weighted by atomic mass is 79.9. The maximum Gasteiger partial charge on any atom is 0.231 e. The van der Waals surface area contributed by atoms with E-state index in [1.54, 1.807) is 24.3 Å². The van der Waals surface area contributed by atoms with Crippen molar-refractivity contribution >= 4 is 27.8 Å². The quantitative estimate of drug-likeness (QED) is 0.464. The molecule has 2 aromatic carbocycles. The van der Waals surface area contributed by atoms with E-state index in [1.807, 2.05) is 0 Å². The number of rotatable bonds is 7. The molecule has 148 valence electrons. The number of methoxy groups -OCH3 is 4. The molecule has 28 heavy (non-hydrogen) atoms. The van der Waals surface area contributed by atoms with Crippen LogP contribution in [0.3, 0.4) is 0 Å². The fourth-order valence-corrected chi connectivity index (χ4v) is 3.35. The Morgan fingerprint density at radius 1 is 0.964 bits per heavy atom. The van der Waals surface area contributed by atoms with Crippen LogP contribution in [0.2, 0.25) is 0 Å². The molecule has 0 spiro atoms. The molecule has 0 N–H and O–H groups in total. The molecule has 0 amide bonds. The summed E-state index contributed by atoms with van der Waals surface area (Å²) in [4.78, 5) is 12.8. The van der Waals surface area contributed by atoms with Crippen molar-refractivity contribution in [3.05, 3.63) is 39.9 Å². The Kier molecular flexibility index (Phi) is 5.99. The van der Waals surface area contributed by atoms with Crippen LogP contribution in [0.15, 0.2) is 28.7 Å². The monoisotopic (exact) mass is 450 g/mol. The molecule has 0 aliphatic carbocycles. The van der Waals surface area contributed by atoms with Crippen LogP contribution in [0.5, 0.6) is 34.5 Å². The normalized spacial score (nSPS) is 12.2. The van der Waals surface area contributed by atoms with Crippen LogP contribution in [0, 0.1) is 0 Å². The van der Waals surface area contributed by atoms with Crippen LogP contribution in [0.1, 0.15) is 15.9 Å². The number of hydrogen-bond donors (Lipinski definition) is 0. The van der Waals surface area contributed by atoms with Crippen molar-refractivity contribution in [3.63, 3.8) is 0 Å². The Labute approximate surface area is 170 Å². The first kappa shape index (κ1) is 19.9. The Hall–Kier alpha value is -2.87. The van der Waals surface area contributed by atoms with Crippen LogP contribution in [0.25, 0.3) is 6.08 Å². The largest absolute Gasteiger partial charge is 0.493 e. The lowest BCUT2D eigenvalue weighted by atomic mass is 10.1. The van der Waals surface area contributed by atoms with Crippen molar-refractivity contribution in [3.8, 4) is 34.5 Å². The molecule has 0 saturated heterocycles. The molecular formula is C20H19BrO7. The number of halogens is 1. The average molecular weight is 451 g/mol. The molecule has 0 unspecified atom stereocenters. The van der Waals surface area contributed by atoms with Crippen molar-refractivity contribution in [2.45, 2.75) is 0 Å². The zero-order valence-electron chi connectivity index (χ0n) is 15.8. The summed E-state index contributed by atoms with van der Waals surface area (Å²) in [6.07, 6.45) is 3.07. The molecule has 7 nitrogen and oxygen atoms in total. The minimum absolute atomic E-state index is 0.0968. The van der Waals surface area contributed by atoms with Gasteiger partial charge < -0.3 is 28.4 Å². The summed E-state index contributed by atoms with van der Waals surface area (Å²) >= 11 is 3.40. The first-order valence-corrected chi connectivity index (χ1v) is 9.01. The summed E-state index contributed by atoms with van der Waals surface area (Å²) in [5, 5.41) is 0. The Bertz CT molecular complexity index is 937. The van der Waals surface area contributed by atoms with Gasteiger partial charge in [-0.2, -0.15) is 0 Å². The maximum absolute atomic E-state index is 12.8. The number of allylic oxidation sites excluding steroid dienone is 1. The van der Waals surface area contributed by atoms with E-state index in [2.05, 4.69) is 15.9 Å². The van der Waals surface area contributed by atoms with Gasteiger partial charge in [-0.15, -0.1) is 0 Å². The Balaban J connectivity index is 1.98. The minimum Gasteiger partial charge on any atom is -0.493 e. The molecule has 2 aromatic rings. The van der Waals surface area contributed by atoms with Gasteiger partial charge >= 0.3 is 0 Å². The number of fused-ring (bicyclic) bond motifs is 1. The highest BCUT2D eigenvalue weighted by Gasteiger charge is 2.25. The summed E-state index contributed by atoms with van der Waals surface area (Å²) < 4.78 is 32.8. The summed E-state index contributed by atoms with van der Waals surface area (Å²) in [7, 11) is 6.08. The van der Waals surface area contributed by atoms with Gasteiger partial charge in [0.15, 0.2) is 28.8 Å². The maximum atomic E-state index is 12.8. The summed E-state index contributed by atoms with van der Waals surface area (Å²) in [5.74, 6) is 2.62. The number of hydrogen-bond acceptors (Lipinski definition) is 7. The van der Waals surface area contributed by atoms with Gasteiger partial charge in [-0.05, 0) is 46.3 Å². The SMILES string of the molecule is COc1cc(Br)c(C(=O)/C=C/c2cc3c(c(OC)c2OC)OCO3)cc1OC. The minimum atomic E-state index is -0.230. The van der Waals surface area contributed by atoms with Crippen molar-refractivity contribution in [2.24, 2.45) is 0 Å². The highest BCUT2D eigenvalue weighted by molar-refractivity contribution is 9.10. The number of carbonyl (C=O) groups excluding carboxylic acids is 1. The van der Waals surface area contributed by atoms with Crippen molar-refractivity contribution in [1.29, 1.82) is 0 Å². The van der Waals surface area contributed by atoms with Gasteiger partial charge in [-0.25, -0.2) is 0 Å². The lowest BCUT2D eigenvalue weighted by molar-refractivity contribution is 0.104. The van der Waals surface area contributed by atoms with E-state index in [9.17, 15) is 4.79 Å². The predicted octanol–water partition coefficient (Wildman–Crippen LogP) is 4.11. The molecule has 0 atom stereocenters. The Morgan fingerprint density at radius 2 is 1.64 bits per heavy atom. The van der Waals surface area contributed by atoms with Gasteiger partial charge in [-0.1, -0.05) is 0 Å². The second-order valence-corrected chi connectivity index (χ2v) is 6.51.